The van der Waals surface area contributed by atoms with Gasteiger partial charge in [0.15, 0.2) is 12.6 Å². The number of carbonyl (C=O) groups is 1. The Kier molecular flexibility index (Phi) is 4.93. The molecular weight excluding hydrogens is 302 g/mol. The van der Waals surface area contributed by atoms with Gasteiger partial charge in [0.25, 0.3) is 0 Å². The highest BCUT2D eigenvalue weighted by Gasteiger charge is 2.49. The lowest BCUT2D eigenvalue weighted by Crippen LogP contribution is -2.67. The van der Waals surface area contributed by atoms with Gasteiger partial charge in [0.2, 0.25) is 5.91 Å². The number of ether oxygens (including phenoxy) is 4. The third-order valence-electron chi connectivity index (χ3n) is 4.04. The van der Waals surface area contributed by atoms with Crippen LogP contribution in [0.15, 0.2) is 30.3 Å². The predicted molar refractivity (Wildman–Crippen MR) is 79.3 cm³/mol. The van der Waals surface area contributed by atoms with Crippen LogP contribution in [-0.4, -0.2) is 55.4 Å². The fourth-order valence-corrected chi connectivity index (χ4v) is 2.98. The molecule has 6 atom stereocenters. The minimum absolute atomic E-state index is 0.254. The first-order valence-electron chi connectivity index (χ1n) is 7.55. The Morgan fingerprint density at radius 3 is 2.70 bits per heavy atom. The number of aliphatic hydroxyl groups is 1. The quantitative estimate of drug-likeness (QED) is 0.834. The van der Waals surface area contributed by atoms with E-state index in [4.69, 9.17) is 18.9 Å². The first-order valence-corrected chi connectivity index (χ1v) is 7.55. The van der Waals surface area contributed by atoms with Crippen molar-refractivity contribution in [3.63, 3.8) is 0 Å². The van der Waals surface area contributed by atoms with Crippen molar-refractivity contribution in [1.82, 2.24) is 5.32 Å². The third-order valence-corrected chi connectivity index (χ3v) is 4.04. The molecule has 2 N–H and O–H groups in total. The molecule has 2 saturated heterocycles. The monoisotopic (exact) mass is 323 g/mol. The molecule has 2 fully saturated rings. The second kappa shape index (κ2) is 6.94. The maximum Gasteiger partial charge on any atom is 0.217 e. The zero-order valence-electron chi connectivity index (χ0n) is 13.0. The third kappa shape index (κ3) is 3.39. The van der Waals surface area contributed by atoms with E-state index < -0.39 is 36.9 Å². The molecule has 2 heterocycles. The van der Waals surface area contributed by atoms with E-state index in [1.807, 2.05) is 30.3 Å². The van der Waals surface area contributed by atoms with Gasteiger partial charge in [-0.25, -0.2) is 0 Å². The number of rotatable bonds is 3. The molecule has 7 heteroatoms. The van der Waals surface area contributed by atoms with Gasteiger partial charge in [0, 0.05) is 19.6 Å². The fourth-order valence-electron chi connectivity index (χ4n) is 2.98. The largest absolute Gasteiger partial charge is 0.386 e. The lowest BCUT2D eigenvalue weighted by molar-refractivity contribution is -0.340. The highest BCUT2D eigenvalue weighted by molar-refractivity contribution is 5.73. The standard InChI is InChI=1S/C16H21NO6/c1-9(18)17-12-13(19)16(20-2)22-11-8-21-15(23-14(11)12)10-6-4-3-5-7-10/h3-7,11-16,19H,8H2,1-2H3,(H,17,18)/t11-,12-,13-,14-,15-,16+/m1/s1. The molecule has 126 valence electrons. The van der Waals surface area contributed by atoms with Crippen LogP contribution in [-0.2, 0) is 23.7 Å². The molecule has 1 amide bonds. The molecular formula is C16H21NO6. The minimum Gasteiger partial charge on any atom is -0.386 e. The van der Waals surface area contributed by atoms with Crippen molar-refractivity contribution < 1.29 is 28.8 Å². The van der Waals surface area contributed by atoms with Gasteiger partial charge < -0.3 is 29.4 Å². The summed E-state index contributed by atoms with van der Waals surface area (Å²) < 4.78 is 22.5. The predicted octanol–water partition coefficient (Wildman–Crippen LogP) is 0.337. The SMILES string of the molecule is CO[C@H]1O[C@@H]2CO[C@@H](c3ccccc3)O[C@H]2[C@H](NC(C)=O)[C@H]1O. The van der Waals surface area contributed by atoms with Crippen LogP contribution in [0, 0.1) is 0 Å². The Morgan fingerprint density at radius 1 is 1.30 bits per heavy atom. The van der Waals surface area contributed by atoms with Crippen LogP contribution in [0.5, 0.6) is 0 Å². The Bertz CT molecular complexity index is 539. The summed E-state index contributed by atoms with van der Waals surface area (Å²) in [5, 5.41) is 13.1. The summed E-state index contributed by atoms with van der Waals surface area (Å²) in [5.41, 5.74) is 0.871. The maximum atomic E-state index is 11.5. The number of fused-ring (bicyclic) bond motifs is 1. The van der Waals surface area contributed by atoms with Crippen LogP contribution in [0.2, 0.25) is 0 Å². The van der Waals surface area contributed by atoms with Gasteiger partial charge >= 0.3 is 0 Å². The van der Waals surface area contributed by atoms with Gasteiger partial charge in [-0.3, -0.25) is 4.79 Å². The normalized spacial score (nSPS) is 37.0. The van der Waals surface area contributed by atoms with Crippen molar-refractivity contribution in [3.05, 3.63) is 35.9 Å². The number of methoxy groups -OCH3 is 1. The van der Waals surface area contributed by atoms with Crippen molar-refractivity contribution in [2.24, 2.45) is 0 Å². The Balaban J connectivity index is 1.80. The van der Waals surface area contributed by atoms with E-state index in [0.29, 0.717) is 0 Å². The summed E-state index contributed by atoms with van der Waals surface area (Å²) in [6.45, 7) is 1.68. The average Bonchev–Trinajstić information content (AvgIpc) is 2.57. The second-order valence-electron chi connectivity index (χ2n) is 5.67. The van der Waals surface area contributed by atoms with E-state index in [-0.39, 0.29) is 12.5 Å². The second-order valence-corrected chi connectivity index (χ2v) is 5.67. The van der Waals surface area contributed by atoms with E-state index in [0.717, 1.165) is 5.56 Å². The van der Waals surface area contributed by atoms with E-state index in [1.54, 1.807) is 0 Å². The Hall–Kier alpha value is -1.51. The molecule has 7 nitrogen and oxygen atoms in total. The van der Waals surface area contributed by atoms with E-state index in [9.17, 15) is 9.90 Å². The van der Waals surface area contributed by atoms with E-state index in [1.165, 1.54) is 14.0 Å². The Labute approximate surface area is 134 Å². The van der Waals surface area contributed by atoms with Crippen LogP contribution in [0.25, 0.3) is 0 Å². The van der Waals surface area contributed by atoms with Gasteiger partial charge in [-0.15, -0.1) is 0 Å². The summed E-state index contributed by atoms with van der Waals surface area (Å²) in [7, 11) is 1.44. The lowest BCUT2D eigenvalue weighted by Gasteiger charge is -2.47. The summed E-state index contributed by atoms with van der Waals surface area (Å²) in [6, 6.07) is 8.87. The summed E-state index contributed by atoms with van der Waals surface area (Å²) in [4.78, 5) is 11.5. The maximum absolute atomic E-state index is 11.5. The van der Waals surface area contributed by atoms with E-state index >= 15 is 0 Å². The molecule has 3 rings (SSSR count). The summed E-state index contributed by atoms with van der Waals surface area (Å²) in [5.74, 6) is -0.254. The highest BCUT2D eigenvalue weighted by Crippen LogP contribution is 2.34. The molecule has 2 aliphatic rings. The minimum atomic E-state index is -1.03. The Morgan fingerprint density at radius 2 is 2.04 bits per heavy atom. The fraction of sp³-hybridized carbons (Fsp3) is 0.562. The van der Waals surface area contributed by atoms with Crippen LogP contribution < -0.4 is 5.32 Å². The summed E-state index contributed by atoms with van der Waals surface area (Å²) in [6.07, 6.45) is -3.39. The first kappa shape index (κ1) is 16.4. The average molecular weight is 323 g/mol. The molecule has 0 unspecified atom stereocenters. The number of benzene rings is 1. The smallest absolute Gasteiger partial charge is 0.217 e. The highest BCUT2D eigenvalue weighted by atomic mass is 16.7. The number of hydrogen-bond acceptors (Lipinski definition) is 6. The molecule has 23 heavy (non-hydrogen) atoms. The molecule has 0 saturated carbocycles. The molecule has 0 radical (unpaired) electrons. The molecule has 0 aliphatic carbocycles. The zero-order chi connectivity index (χ0) is 16.4. The molecule has 1 aromatic carbocycles. The van der Waals surface area contributed by atoms with Crippen molar-refractivity contribution >= 4 is 5.91 Å². The number of aliphatic hydroxyl groups excluding tert-OH is 1. The first-order chi connectivity index (χ1) is 11.1. The molecule has 0 bridgehead atoms. The van der Waals surface area contributed by atoms with Gasteiger partial charge in [-0.05, 0) is 0 Å². The molecule has 0 aromatic heterocycles. The van der Waals surface area contributed by atoms with Crippen LogP contribution in [0.3, 0.4) is 0 Å². The number of nitrogens with one attached hydrogen (secondary N) is 1. The van der Waals surface area contributed by atoms with Gasteiger partial charge in [-0.2, -0.15) is 0 Å². The topological polar surface area (TPSA) is 86.3 Å². The lowest BCUT2D eigenvalue weighted by atomic mass is 9.95. The number of amides is 1. The van der Waals surface area contributed by atoms with E-state index in [2.05, 4.69) is 5.32 Å². The van der Waals surface area contributed by atoms with Crippen LogP contribution in [0.4, 0.5) is 0 Å². The van der Waals surface area contributed by atoms with Crippen LogP contribution in [0.1, 0.15) is 18.8 Å². The number of hydrogen-bond donors (Lipinski definition) is 2. The van der Waals surface area contributed by atoms with Crippen molar-refractivity contribution in [3.8, 4) is 0 Å². The van der Waals surface area contributed by atoms with Crippen molar-refractivity contribution in [2.45, 2.75) is 43.9 Å². The van der Waals surface area contributed by atoms with Crippen molar-refractivity contribution in [1.29, 1.82) is 0 Å². The number of carbonyl (C=O) groups excluding carboxylic acids is 1. The van der Waals surface area contributed by atoms with Gasteiger partial charge in [-0.1, -0.05) is 30.3 Å². The summed E-state index contributed by atoms with van der Waals surface area (Å²) >= 11 is 0. The van der Waals surface area contributed by atoms with Crippen LogP contribution >= 0.6 is 0 Å². The molecule has 0 spiro atoms. The molecule has 2 aliphatic heterocycles. The zero-order valence-corrected chi connectivity index (χ0v) is 13.0. The van der Waals surface area contributed by atoms with Gasteiger partial charge in [0.05, 0.1) is 12.6 Å². The molecule has 1 aromatic rings. The van der Waals surface area contributed by atoms with Crippen molar-refractivity contribution in [2.75, 3.05) is 13.7 Å². The van der Waals surface area contributed by atoms with Gasteiger partial charge in [0.1, 0.15) is 18.3 Å².